The summed E-state index contributed by atoms with van der Waals surface area (Å²) < 4.78 is 0. The van der Waals surface area contributed by atoms with Gasteiger partial charge in [-0.3, -0.25) is 0 Å². The second kappa shape index (κ2) is 13.6. The highest BCUT2D eigenvalue weighted by Crippen LogP contribution is 2.38. The van der Waals surface area contributed by atoms with Gasteiger partial charge in [-0.2, -0.15) is 0 Å². The van der Waals surface area contributed by atoms with E-state index in [1.807, 2.05) is 0 Å². The molecule has 0 aliphatic rings. The molecule has 48 heavy (non-hydrogen) atoms. The van der Waals surface area contributed by atoms with Crippen LogP contribution in [0, 0.1) is 0 Å². The third-order valence-corrected chi connectivity index (χ3v) is 10.4. The van der Waals surface area contributed by atoms with Crippen molar-refractivity contribution in [2.45, 2.75) is 64.2 Å². The van der Waals surface area contributed by atoms with Gasteiger partial charge in [0.15, 0.2) is 0 Å². The third-order valence-electron chi connectivity index (χ3n) is 10.4. The number of hydrogen-bond donors (Lipinski definition) is 2. The summed E-state index contributed by atoms with van der Waals surface area (Å²) in [5.41, 5.74) is 12.6. The Labute approximate surface area is 283 Å². The van der Waals surface area contributed by atoms with Crippen LogP contribution < -0.4 is 0 Å². The molecule has 238 valence electrons. The standard InChI is InChI=1S/C46H44N2/c1-2-3-4-5-6-7-8-15-36(32-24-28-34(29-25-32)37-18-13-20-41-39-16-9-11-22-43(39)47-45(37)41)33-26-30-35(31-27-33)38-19-14-21-42-40-17-10-12-23-44(40)48-46(38)42/h9-14,16-31,36,47-48H,2-8,15H2,1H3. The minimum atomic E-state index is 0.372. The van der Waals surface area contributed by atoms with Crippen molar-refractivity contribution in [1.29, 1.82) is 0 Å². The Morgan fingerprint density at radius 3 is 1.35 bits per heavy atom. The van der Waals surface area contributed by atoms with Gasteiger partial charge in [0.25, 0.3) is 0 Å². The summed E-state index contributed by atoms with van der Waals surface area (Å²) in [5.74, 6) is 0.372. The molecular formula is C46H44N2. The highest BCUT2D eigenvalue weighted by atomic mass is 14.7. The molecule has 0 amide bonds. The Kier molecular flexibility index (Phi) is 8.56. The van der Waals surface area contributed by atoms with Crippen molar-refractivity contribution in [1.82, 2.24) is 9.97 Å². The molecular weight excluding hydrogens is 581 g/mol. The van der Waals surface area contributed by atoms with E-state index in [1.165, 1.54) is 128 Å². The number of fused-ring (bicyclic) bond motifs is 6. The fourth-order valence-corrected chi connectivity index (χ4v) is 7.85. The van der Waals surface area contributed by atoms with Crippen molar-refractivity contribution in [3.05, 3.63) is 145 Å². The lowest BCUT2D eigenvalue weighted by Crippen LogP contribution is -2.02. The molecule has 0 radical (unpaired) electrons. The van der Waals surface area contributed by atoms with Gasteiger partial charge in [-0.1, -0.05) is 173 Å². The summed E-state index contributed by atoms with van der Waals surface area (Å²) >= 11 is 0. The summed E-state index contributed by atoms with van der Waals surface area (Å²) in [5, 5.41) is 5.13. The van der Waals surface area contributed by atoms with Gasteiger partial charge in [0.05, 0.1) is 11.0 Å². The molecule has 0 saturated heterocycles. The van der Waals surface area contributed by atoms with Gasteiger partial charge < -0.3 is 9.97 Å². The molecule has 6 aromatic carbocycles. The minimum absolute atomic E-state index is 0.372. The average Bonchev–Trinajstić information content (AvgIpc) is 3.72. The number of H-pyrrole nitrogens is 2. The molecule has 0 unspecified atom stereocenters. The zero-order valence-corrected chi connectivity index (χ0v) is 27.9. The summed E-state index contributed by atoms with van der Waals surface area (Å²) in [6.07, 6.45) is 10.5. The highest BCUT2D eigenvalue weighted by Gasteiger charge is 2.17. The zero-order chi connectivity index (χ0) is 32.3. The summed E-state index contributed by atoms with van der Waals surface area (Å²) in [6.45, 7) is 2.29. The van der Waals surface area contributed by atoms with E-state index in [2.05, 4.69) is 150 Å². The fraction of sp³-hybridized carbons (Fsp3) is 0.217. The van der Waals surface area contributed by atoms with Crippen LogP contribution in [0.25, 0.3) is 65.9 Å². The van der Waals surface area contributed by atoms with Gasteiger partial charge >= 0.3 is 0 Å². The van der Waals surface area contributed by atoms with Gasteiger partial charge in [0, 0.05) is 49.6 Å². The van der Waals surface area contributed by atoms with Gasteiger partial charge in [-0.05, 0) is 40.8 Å². The highest BCUT2D eigenvalue weighted by molar-refractivity contribution is 6.12. The number of hydrogen-bond acceptors (Lipinski definition) is 0. The molecule has 2 heteroatoms. The summed E-state index contributed by atoms with van der Waals surface area (Å²) in [4.78, 5) is 7.39. The average molecular weight is 625 g/mol. The second-order valence-corrected chi connectivity index (χ2v) is 13.5. The van der Waals surface area contributed by atoms with E-state index in [9.17, 15) is 0 Å². The normalized spacial score (nSPS) is 11.9. The monoisotopic (exact) mass is 624 g/mol. The molecule has 0 spiro atoms. The predicted molar refractivity (Wildman–Crippen MR) is 207 cm³/mol. The van der Waals surface area contributed by atoms with Crippen LogP contribution in [0.3, 0.4) is 0 Å². The van der Waals surface area contributed by atoms with Gasteiger partial charge in [0.1, 0.15) is 0 Å². The number of rotatable bonds is 12. The molecule has 2 heterocycles. The van der Waals surface area contributed by atoms with Crippen molar-refractivity contribution in [3.63, 3.8) is 0 Å². The SMILES string of the molecule is CCCCCCCCCC(c1ccc(-c2cccc3c2[nH]c2ccccc23)cc1)c1ccc(-c2cccc3c2[nH]c2ccccc23)cc1. The lowest BCUT2D eigenvalue weighted by molar-refractivity contribution is 0.559. The lowest BCUT2D eigenvalue weighted by Gasteiger charge is -2.19. The van der Waals surface area contributed by atoms with E-state index in [1.54, 1.807) is 0 Å². The van der Waals surface area contributed by atoms with Crippen LogP contribution >= 0.6 is 0 Å². The molecule has 0 atom stereocenters. The number of benzene rings is 6. The Morgan fingerprint density at radius 2 is 0.854 bits per heavy atom. The molecule has 2 aromatic heterocycles. The van der Waals surface area contributed by atoms with Crippen LogP contribution in [0.2, 0.25) is 0 Å². The quantitative estimate of drug-likeness (QED) is 0.127. The molecule has 0 aliphatic carbocycles. The minimum Gasteiger partial charge on any atom is -0.354 e. The van der Waals surface area contributed by atoms with Crippen molar-refractivity contribution in [2.24, 2.45) is 0 Å². The first-order valence-electron chi connectivity index (χ1n) is 18.0. The molecule has 0 aliphatic heterocycles. The van der Waals surface area contributed by atoms with Crippen LogP contribution in [0.15, 0.2) is 133 Å². The maximum Gasteiger partial charge on any atom is 0.0544 e. The van der Waals surface area contributed by atoms with E-state index < -0.39 is 0 Å². The number of aromatic amines is 2. The van der Waals surface area contributed by atoms with E-state index in [0.717, 1.165) is 0 Å². The molecule has 8 aromatic rings. The lowest BCUT2D eigenvalue weighted by atomic mass is 9.85. The van der Waals surface area contributed by atoms with E-state index >= 15 is 0 Å². The predicted octanol–water partition coefficient (Wildman–Crippen LogP) is 13.6. The number of para-hydroxylation sites is 4. The first kappa shape index (κ1) is 30.3. The molecule has 2 nitrogen and oxygen atoms in total. The zero-order valence-electron chi connectivity index (χ0n) is 27.9. The van der Waals surface area contributed by atoms with E-state index in [4.69, 9.17) is 0 Å². The number of aromatic nitrogens is 2. The van der Waals surface area contributed by atoms with Gasteiger partial charge in [-0.15, -0.1) is 0 Å². The van der Waals surface area contributed by atoms with E-state index in [-0.39, 0.29) is 0 Å². The maximum absolute atomic E-state index is 3.70. The van der Waals surface area contributed by atoms with Crippen molar-refractivity contribution >= 4 is 43.6 Å². The van der Waals surface area contributed by atoms with Gasteiger partial charge in [0.2, 0.25) is 0 Å². The Balaban J connectivity index is 1.09. The topological polar surface area (TPSA) is 31.6 Å². The summed E-state index contributed by atoms with van der Waals surface area (Å²) in [7, 11) is 0. The second-order valence-electron chi connectivity index (χ2n) is 13.5. The smallest absolute Gasteiger partial charge is 0.0544 e. The van der Waals surface area contributed by atoms with Crippen molar-refractivity contribution < 1.29 is 0 Å². The third kappa shape index (κ3) is 5.81. The number of nitrogens with one attached hydrogen (secondary N) is 2. The Bertz CT molecular complexity index is 2140. The van der Waals surface area contributed by atoms with Crippen LogP contribution in [-0.4, -0.2) is 9.97 Å². The van der Waals surface area contributed by atoms with Crippen LogP contribution in [0.1, 0.15) is 75.3 Å². The molecule has 8 rings (SSSR count). The van der Waals surface area contributed by atoms with E-state index in [0.29, 0.717) is 5.92 Å². The van der Waals surface area contributed by atoms with Crippen LogP contribution in [-0.2, 0) is 0 Å². The first-order valence-corrected chi connectivity index (χ1v) is 18.0. The van der Waals surface area contributed by atoms with Gasteiger partial charge in [-0.25, -0.2) is 0 Å². The van der Waals surface area contributed by atoms with Crippen LogP contribution in [0.5, 0.6) is 0 Å². The summed E-state index contributed by atoms with van der Waals surface area (Å²) in [6, 6.07) is 49.4. The van der Waals surface area contributed by atoms with Crippen LogP contribution in [0.4, 0.5) is 0 Å². The molecule has 2 N–H and O–H groups in total. The molecule has 0 saturated carbocycles. The maximum atomic E-state index is 3.70. The van der Waals surface area contributed by atoms with Crippen molar-refractivity contribution in [3.8, 4) is 22.3 Å². The fourth-order valence-electron chi connectivity index (χ4n) is 7.85. The van der Waals surface area contributed by atoms with Crippen molar-refractivity contribution in [2.75, 3.05) is 0 Å². The Hall–Kier alpha value is -5.08. The number of unbranched alkanes of at least 4 members (excludes halogenated alkanes) is 6. The Morgan fingerprint density at radius 1 is 0.417 bits per heavy atom. The molecule has 0 bridgehead atoms. The first-order chi connectivity index (χ1) is 23.8. The largest absolute Gasteiger partial charge is 0.354 e. The molecule has 0 fully saturated rings.